The molecule has 0 fully saturated rings. The lowest BCUT2D eigenvalue weighted by Gasteiger charge is -2.09. The zero-order chi connectivity index (χ0) is 13.9. The number of fused-ring (bicyclic) bond motifs is 1. The summed E-state index contributed by atoms with van der Waals surface area (Å²) in [5.74, 6) is 1.63. The van der Waals surface area contributed by atoms with Crippen molar-refractivity contribution in [2.45, 2.75) is 26.5 Å². The minimum atomic E-state index is 0.269. The summed E-state index contributed by atoms with van der Waals surface area (Å²) in [7, 11) is 0. The Bertz CT molecular complexity index is 597. The van der Waals surface area contributed by atoms with Crippen LogP contribution in [0.3, 0.4) is 0 Å². The van der Waals surface area contributed by atoms with Crippen LogP contribution < -0.4 is 14.8 Å². The Morgan fingerprint density at radius 3 is 3.05 bits per heavy atom. The van der Waals surface area contributed by atoms with Gasteiger partial charge in [0.25, 0.3) is 0 Å². The monoisotopic (exact) mass is 275 g/mol. The van der Waals surface area contributed by atoms with Gasteiger partial charge in [0.15, 0.2) is 0 Å². The van der Waals surface area contributed by atoms with Crippen molar-refractivity contribution in [1.29, 1.82) is 0 Å². The molecule has 1 N–H and O–H groups in total. The van der Waals surface area contributed by atoms with E-state index < -0.39 is 0 Å². The Morgan fingerprint density at radius 1 is 1.40 bits per heavy atom. The van der Waals surface area contributed by atoms with E-state index in [2.05, 4.69) is 27.2 Å². The summed E-state index contributed by atoms with van der Waals surface area (Å²) in [6.07, 6.45) is 0. The third-order valence-corrected chi connectivity index (χ3v) is 3.34. The normalized spacial score (nSPS) is 16.8. The van der Waals surface area contributed by atoms with Crippen LogP contribution in [-0.2, 0) is 6.61 Å². The topological polar surface area (TPSA) is 69.4 Å². The van der Waals surface area contributed by atoms with Crippen molar-refractivity contribution in [3.63, 3.8) is 0 Å². The largest absolute Gasteiger partial charge is 0.491 e. The summed E-state index contributed by atoms with van der Waals surface area (Å²) in [5.41, 5.74) is 2.63. The van der Waals surface area contributed by atoms with Gasteiger partial charge in [-0.2, -0.15) is 0 Å². The molecule has 1 unspecified atom stereocenters. The number of hydrogen-bond donors (Lipinski definition) is 1. The first-order valence-electron chi connectivity index (χ1n) is 6.69. The molecule has 0 amide bonds. The zero-order valence-electron chi connectivity index (χ0n) is 11.5. The van der Waals surface area contributed by atoms with Gasteiger partial charge in [0.2, 0.25) is 0 Å². The summed E-state index contributed by atoms with van der Waals surface area (Å²) in [6.45, 7) is 5.85. The average molecular weight is 275 g/mol. The van der Waals surface area contributed by atoms with E-state index in [-0.39, 0.29) is 6.04 Å². The molecule has 1 atom stereocenters. The Labute approximate surface area is 117 Å². The van der Waals surface area contributed by atoms with Crippen molar-refractivity contribution in [2.24, 2.45) is 0 Å². The van der Waals surface area contributed by atoms with Crippen molar-refractivity contribution in [1.82, 2.24) is 15.6 Å². The van der Waals surface area contributed by atoms with Crippen LogP contribution in [0.4, 0.5) is 0 Å². The van der Waals surface area contributed by atoms with E-state index >= 15 is 0 Å². The van der Waals surface area contributed by atoms with E-state index in [1.165, 1.54) is 5.56 Å². The Morgan fingerprint density at radius 2 is 2.30 bits per heavy atom. The van der Waals surface area contributed by atoms with Gasteiger partial charge in [-0.1, -0.05) is 17.2 Å². The summed E-state index contributed by atoms with van der Waals surface area (Å²) < 4.78 is 16.0. The zero-order valence-corrected chi connectivity index (χ0v) is 11.5. The van der Waals surface area contributed by atoms with E-state index in [9.17, 15) is 0 Å². The summed E-state index contributed by atoms with van der Waals surface area (Å²) in [4.78, 5) is 0. The van der Waals surface area contributed by atoms with E-state index in [4.69, 9.17) is 9.47 Å². The summed E-state index contributed by atoms with van der Waals surface area (Å²) in [6, 6.07) is 6.17. The van der Waals surface area contributed by atoms with Crippen LogP contribution in [0.15, 0.2) is 22.8 Å². The lowest BCUT2D eigenvalue weighted by molar-refractivity contribution is 0.268. The van der Waals surface area contributed by atoms with E-state index in [1.54, 1.807) is 0 Å². The predicted octanol–water partition coefficient (Wildman–Crippen LogP) is 2.00. The fourth-order valence-corrected chi connectivity index (χ4v) is 2.23. The first kappa shape index (κ1) is 12.9. The fourth-order valence-electron chi connectivity index (χ4n) is 2.23. The van der Waals surface area contributed by atoms with Crippen molar-refractivity contribution in [3.05, 3.63) is 35.2 Å². The van der Waals surface area contributed by atoms with Gasteiger partial charge in [-0.15, -0.1) is 0 Å². The molecule has 3 rings (SSSR count). The maximum atomic E-state index is 5.69. The van der Waals surface area contributed by atoms with Gasteiger partial charge in [-0.3, -0.25) is 0 Å². The number of aromatic nitrogens is 2. The molecule has 0 saturated heterocycles. The number of benzene rings is 1. The van der Waals surface area contributed by atoms with Crippen LogP contribution in [-0.4, -0.2) is 23.5 Å². The minimum Gasteiger partial charge on any atom is -0.491 e. The predicted molar refractivity (Wildman–Crippen MR) is 71.7 cm³/mol. The van der Waals surface area contributed by atoms with Crippen LogP contribution in [0.1, 0.15) is 29.9 Å². The van der Waals surface area contributed by atoms with E-state index in [1.807, 2.05) is 25.1 Å². The molecular weight excluding hydrogens is 258 g/mol. The highest BCUT2D eigenvalue weighted by molar-refractivity contribution is 5.45. The molecule has 2 heterocycles. The molecule has 6 nitrogen and oxygen atoms in total. The van der Waals surface area contributed by atoms with Crippen molar-refractivity contribution in [2.75, 3.05) is 13.2 Å². The summed E-state index contributed by atoms with van der Waals surface area (Å²) >= 11 is 0. The SMILES string of the molecule is CCNC1COc2cc(OCc3nonc3C)ccc21. The first-order chi connectivity index (χ1) is 9.78. The van der Waals surface area contributed by atoms with Gasteiger partial charge >= 0.3 is 0 Å². The third-order valence-electron chi connectivity index (χ3n) is 3.34. The van der Waals surface area contributed by atoms with E-state index in [0.717, 1.165) is 23.7 Å². The van der Waals surface area contributed by atoms with Crippen molar-refractivity contribution >= 4 is 0 Å². The van der Waals surface area contributed by atoms with Gasteiger partial charge in [0.1, 0.15) is 36.1 Å². The molecule has 20 heavy (non-hydrogen) atoms. The molecule has 2 aromatic rings. The third kappa shape index (κ3) is 2.46. The second-order valence-corrected chi connectivity index (χ2v) is 4.71. The highest BCUT2D eigenvalue weighted by Crippen LogP contribution is 2.35. The highest BCUT2D eigenvalue weighted by Gasteiger charge is 2.23. The van der Waals surface area contributed by atoms with Crippen LogP contribution >= 0.6 is 0 Å². The molecule has 0 bridgehead atoms. The van der Waals surface area contributed by atoms with Crippen LogP contribution in [0.2, 0.25) is 0 Å². The Balaban J connectivity index is 1.69. The maximum absolute atomic E-state index is 5.69. The first-order valence-corrected chi connectivity index (χ1v) is 6.69. The molecule has 0 spiro atoms. The molecular formula is C14H17N3O3. The standard InChI is InChI=1S/C14H17N3O3/c1-3-15-13-8-19-14-6-10(4-5-11(13)14)18-7-12-9(2)16-20-17-12/h4-6,13,15H,3,7-8H2,1-2H3. The van der Waals surface area contributed by atoms with Gasteiger partial charge in [-0.05, 0) is 25.6 Å². The lowest BCUT2D eigenvalue weighted by atomic mass is 10.1. The Kier molecular flexibility index (Phi) is 3.56. The molecule has 1 aromatic heterocycles. The molecule has 0 aliphatic carbocycles. The lowest BCUT2D eigenvalue weighted by Crippen LogP contribution is -2.21. The van der Waals surface area contributed by atoms with Crippen molar-refractivity contribution in [3.8, 4) is 11.5 Å². The number of nitrogens with zero attached hydrogens (tertiary/aromatic N) is 2. The van der Waals surface area contributed by atoms with Crippen LogP contribution in [0, 0.1) is 6.92 Å². The quantitative estimate of drug-likeness (QED) is 0.900. The second-order valence-electron chi connectivity index (χ2n) is 4.71. The second kappa shape index (κ2) is 5.50. The minimum absolute atomic E-state index is 0.269. The Hall–Kier alpha value is -2.08. The van der Waals surface area contributed by atoms with Gasteiger partial charge < -0.3 is 14.8 Å². The van der Waals surface area contributed by atoms with Crippen LogP contribution in [0.5, 0.6) is 11.5 Å². The fraction of sp³-hybridized carbons (Fsp3) is 0.429. The number of likely N-dealkylation sites (N-methyl/N-ethyl adjacent to an activating group) is 1. The number of hydrogen-bond acceptors (Lipinski definition) is 6. The van der Waals surface area contributed by atoms with Crippen molar-refractivity contribution < 1.29 is 14.1 Å². The molecule has 106 valence electrons. The number of nitrogens with one attached hydrogen (secondary N) is 1. The molecule has 1 aliphatic heterocycles. The smallest absolute Gasteiger partial charge is 0.145 e. The molecule has 0 radical (unpaired) electrons. The summed E-state index contributed by atoms with van der Waals surface area (Å²) in [5, 5.41) is 10.9. The number of rotatable bonds is 5. The van der Waals surface area contributed by atoms with Gasteiger partial charge in [0.05, 0.1) is 6.04 Å². The average Bonchev–Trinajstić information content (AvgIpc) is 3.04. The molecule has 1 aromatic carbocycles. The molecule has 0 saturated carbocycles. The number of aryl methyl sites for hydroxylation is 1. The maximum Gasteiger partial charge on any atom is 0.145 e. The van der Waals surface area contributed by atoms with Crippen LogP contribution in [0.25, 0.3) is 0 Å². The van der Waals surface area contributed by atoms with Gasteiger partial charge in [0, 0.05) is 11.6 Å². The molecule has 1 aliphatic rings. The highest BCUT2D eigenvalue weighted by atomic mass is 16.6. The molecule has 6 heteroatoms. The van der Waals surface area contributed by atoms with E-state index in [0.29, 0.717) is 18.9 Å². The number of ether oxygens (including phenoxy) is 2. The van der Waals surface area contributed by atoms with Gasteiger partial charge in [-0.25, -0.2) is 4.63 Å².